The molecule has 0 aromatic carbocycles. The Bertz CT molecular complexity index is 381. The first kappa shape index (κ1) is 13.2. The minimum atomic E-state index is -0.394. The van der Waals surface area contributed by atoms with Gasteiger partial charge in [0.25, 0.3) is 0 Å². The number of rotatable bonds is 4. The molecule has 5 heteroatoms. The molecule has 1 N–H and O–H groups in total. The minimum absolute atomic E-state index is 0.394. The highest BCUT2D eigenvalue weighted by atomic mass is 16.5. The monoisotopic (exact) mass is 251 g/mol. The lowest BCUT2D eigenvalue weighted by Gasteiger charge is -2.34. The van der Waals surface area contributed by atoms with E-state index in [1.807, 2.05) is 13.1 Å². The van der Waals surface area contributed by atoms with E-state index in [-0.39, 0.29) is 0 Å². The topological polar surface area (TPSA) is 56.3 Å². The number of anilines is 1. The zero-order valence-corrected chi connectivity index (χ0v) is 11.3. The third-order valence-corrected chi connectivity index (χ3v) is 3.50. The summed E-state index contributed by atoms with van der Waals surface area (Å²) >= 11 is 0. The summed E-state index contributed by atoms with van der Waals surface area (Å²) in [7, 11) is 3.60. The van der Waals surface area contributed by atoms with Crippen molar-refractivity contribution in [3.05, 3.63) is 17.6 Å². The highest BCUT2D eigenvalue weighted by Crippen LogP contribution is 2.33. The maximum absolute atomic E-state index is 5.73. The fourth-order valence-electron chi connectivity index (χ4n) is 2.23. The molecule has 100 valence electrons. The zero-order chi connectivity index (χ0) is 13.0. The van der Waals surface area contributed by atoms with Crippen LogP contribution in [0.4, 0.5) is 5.82 Å². The Morgan fingerprint density at radius 1 is 1.39 bits per heavy atom. The molecule has 1 aromatic rings. The summed E-state index contributed by atoms with van der Waals surface area (Å²) < 4.78 is 11.1. The Morgan fingerprint density at radius 3 is 2.67 bits per heavy atom. The number of aryl methyl sites for hydroxylation is 1. The molecule has 0 unspecified atom stereocenters. The number of nitrogens with one attached hydrogen (secondary N) is 1. The van der Waals surface area contributed by atoms with Crippen LogP contribution in [0.5, 0.6) is 0 Å². The molecule has 0 spiro atoms. The van der Waals surface area contributed by atoms with Crippen molar-refractivity contribution in [1.82, 2.24) is 9.97 Å². The van der Waals surface area contributed by atoms with Gasteiger partial charge in [0.15, 0.2) is 5.82 Å². The van der Waals surface area contributed by atoms with Gasteiger partial charge in [0, 0.05) is 52.0 Å². The molecule has 5 nitrogen and oxygen atoms in total. The van der Waals surface area contributed by atoms with E-state index < -0.39 is 5.60 Å². The second-order valence-electron chi connectivity index (χ2n) is 4.48. The summed E-state index contributed by atoms with van der Waals surface area (Å²) in [6, 6.07) is 1.98. The lowest BCUT2D eigenvalue weighted by Crippen LogP contribution is -2.37. The molecule has 0 bridgehead atoms. The van der Waals surface area contributed by atoms with Crippen molar-refractivity contribution in [1.29, 1.82) is 0 Å². The fourth-order valence-corrected chi connectivity index (χ4v) is 2.23. The molecular formula is C13H21N3O2. The minimum Gasteiger partial charge on any atom is -0.381 e. The van der Waals surface area contributed by atoms with Gasteiger partial charge in [0.1, 0.15) is 11.4 Å². The molecule has 1 fully saturated rings. The van der Waals surface area contributed by atoms with Crippen LogP contribution < -0.4 is 5.32 Å². The lowest BCUT2D eigenvalue weighted by molar-refractivity contribution is -0.1000. The Morgan fingerprint density at radius 2 is 2.11 bits per heavy atom. The number of aromatic nitrogens is 2. The first-order chi connectivity index (χ1) is 8.74. The van der Waals surface area contributed by atoms with Crippen LogP contribution in [-0.4, -0.2) is 37.3 Å². The Labute approximate surface area is 108 Å². The van der Waals surface area contributed by atoms with Crippen LogP contribution >= 0.6 is 0 Å². The highest BCUT2D eigenvalue weighted by molar-refractivity contribution is 5.36. The molecule has 0 saturated carbocycles. The SMILES string of the molecule is CCc1cc(NC)nc(C2(OC)CCOCC2)n1. The summed E-state index contributed by atoms with van der Waals surface area (Å²) in [6.45, 7) is 3.49. The van der Waals surface area contributed by atoms with Gasteiger partial charge in [-0.25, -0.2) is 9.97 Å². The Hall–Kier alpha value is -1.20. The van der Waals surface area contributed by atoms with Gasteiger partial charge in [0.2, 0.25) is 0 Å². The highest BCUT2D eigenvalue weighted by Gasteiger charge is 2.37. The molecular weight excluding hydrogens is 230 g/mol. The maximum atomic E-state index is 5.73. The van der Waals surface area contributed by atoms with Gasteiger partial charge in [-0.2, -0.15) is 0 Å². The molecule has 0 atom stereocenters. The molecule has 2 rings (SSSR count). The zero-order valence-electron chi connectivity index (χ0n) is 11.3. The maximum Gasteiger partial charge on any atom is 0.163 e. The predicted octanol–water partition coefficient (Wildman–Crippen LogP) is 1.73. The first-order valence-electron chi connectivity index (χ1n) is 6.43. The van der Waals surface area contributed by atoms with E-state index in [1.165, 1.54) is 0 Å². The molecule has 1 saturated heterocycles. The van der Waals surface area contributed by atoms with Gasteiger partial charge in [0.05, 0.1) is 0 Å². The third kappa shape index (κ3) is 2.47. The van der Waals surface area contributed by atoms with Crippen molar-refractivity contribution < 1.29 is 9.47 Å². The van der Waals surface area contributed by atoms with Crippen molar-refractivity contribution in [3.63, 3.8) is 0 Å². The summed E-state index contributed by atoms with van der Waals surface area (Å²) in [5, 5.41) is 3.08. The van der Waals surface area contributed by atoms with E-state index >= 15 is 0 Å². The van der Waals surface area contributed by atoms with Gasteiger partial charge >= 0.3 is 0 Å². The number of ether oxygens (including phenoxy) is 2. The van der Waals surface area contributed by atoms with Crippen LogP contribution in [0.1, 0.15) is 31.3 Å². The molecule has 1 aliphatic heterocycles. The van der Waals surface area contributed by atoms with Gasteiger partial charge in [-0.15, -0.1) is 0 Å². The molecule has 1 aromatic heterocycles. The van der Waals surface area contributed by atoms with Gasteiger partial charge in [-0.05, 0) is 6.42 Å². The van der Waals surface area contributed by atoms with E-state index in [2.05, 4.69) is 22.2 Å². The van der Waals surface area contributed by atoms with Crippen LogP contribution in [0.25, 0.3) is 0 Å². The second kappa shape index (κ2) is 5.63. The Balaban J connectivity index is 2.40. The van der Waals surface area contributed by atoms with Gasteiger partial charge in [-0.3, -0.25) is 0 Å². The van der Waals surface area contributed by atoms with Gasteiger partial charge < -0.3 is 14.8 Å². The number of hydrogen-bond donors (Lipinski definition) is 1. The van der Waals surface area contributed by atoms with Crippen LogP contribution in [0.3, 0.4) is 0 Å². The molecule has 0 amide bonds. The van der Waals surface area contributed by atoms with Crippen LogP contribution in [-0.2, 0) is 21.5 Å². The van der Waals surface area contributed by atoms with E-state index in [1.54, 1.807) is 7.11 Å². The first-order valence-corrected chi connectivity index (χ1v) is 6.43. The van der Waals surface area contributed by atoms with Crippen molar-refractivity contribution in [2.75, 3.05) is 32.7 Å². The average Bonchev–Trinajstić information content (AvgIpc) is 2.47. The standard InChI is InChI=1S/C13H21N3O2/c1-4-10-9-11(14-2)16-12(15-10)13(17-3)5-7-18-8-6-13/h9H,4-8H2,1-3H3,(H,14,15,16). The summed E-state index contributed by atoms with van der Waals surface area (Å²) in [6.07, 6.45) is 2.50. The van der Waals surface area contributed by atoms with E-state index in [4.69, 9.17) is 9.47 Å². The van der Waals surface area contributed by atoms with Crippen molar-refractivity contribution in [2.45, 2.75) is 31.8 Å². The summed E-state index contributed by atoms with van der Waals surface area (Å²) in [4.78, 5) is 9.20. The van der Waals surface area contributed by atoms with Crippen LogP contribution in [0, 0.1) is 0 Å². The van der Waals surface area contributed by atoms with E-state index in [0.717, 1.165) is 36.6 Å². The number of nitrogens with zero attached hydrogens (tertiary/aromatic N) is 2. The quantitative estimate of drug-likeness (QED) is 0.883. The average molecular weight is 251 g/mol. The predicted molar refractivity (Wildman–Crippen MR) is 69.7 cm³/mol. The Kier molecular flexibility index (Phi) is 4.14. The smallest absolute Gasteiger partial charge is 0.163 e. The van der Waals surface area contributed by atoms with Crippen LogP contribution in [0.2, 0.25) is 0 Å². The largest absolute Gasteiger partial charge is 0.381 e. The number of hydrogen-bond acceptors (Lipinski definition) is 5. The molecule has 0 radical (unpaired) electrons. The summed E-state index contributed by atoms with van der Waals surface area (Å²) in [5.41, 5.74) is 0.641. The van der Waals surface area contributed by atoms with Gasteiger partial charge in [-0.1, -0.05) is 6.92 Å². The second-order valence-corrected chi connectivity index (χ2v) is 4.48. The number of methoxy groups -OCH3 is 1. The fraction of sp³-hybridized carbons (Fsp3) is 0.692. The van der Waals surface area contributed by atoms with Crippen LogP contribution in [0.15, 0.2) is 6.07 Å². The van der Waals surface area contributed by atoms with Crippen molar-refractivity contribution >= 4 is 5.82 Å². The van der Waals surface area contributed by atoms with Crippen molar-refractivity contribution in [2.24, 2.45) is 0 Å². The molecule has 18 heavy (non-hydrogen) atoms. The normalized spacial score (nSPS) is 18.6. The van der Waals surface area contributed by atoms with E-state index in [9.17, 15) is 0 Å². The molecule has 0 aliphatic carbocycles. The lowest BCUT2D eigenvalue weighted by atomic mass is 9.93. The summed E-state index contributed by atoms with van der Waals surface area (Å²) in [5.74, 6) is 1.62. The molecule has 1 aliphatic rings. The third-order valence-electron chi connectivity index (χ3n) is 3.50. The van der Waals surface area contributed by atoms with E-state index in [0.29, 0.717) is 13.2 Å². The van der Waals surface area contributed by atoms with Crippen molar-refractivity contribution in [3.8, 4) is 0 Å². The molecule has 2 heterocycles.